The number of likely N-dealkylation sites (N-methyl/N-ethyl adjacent to an activating group) is 1. The van der Waals surface area contributed by atoms with Crippen LogP contribution in [0.1, 0.15) is 5.56 Å². The zero-order valence-corrected chi connectivity index (χ0v) is 20.4. The Labute approximate surface area is 200 Å². The molecule has 3 aromatic heterocycles. The normalized spacial score (nSPS) is 11.2. The molecule has 1 aromatic carbocycles. The monoisotopic (exact) mass is 482 g/mol. The first kappa shape index (κ1) is 23.4. The van der Waals surface area contributed by atoms with Gasteiger partial charge in [0.2, 0.25) is 5.95 Å². The van der Waals surface area contributed by atoms with Gasteiger partial charge >= 0.3 is 0 Å². The number of rotatable bonds is 9. The number of hydrogen-bond donors (Lipinski definition) is 2. The van der Waals surface area contributed by atoms with E-state index in [1.54, 1.807) is 36.6 Å². The molecule has 11 nitrogen and oxygen atoms in total. The number of aromatic nitrogens is 4. The van der Waals surface area contributed by atoms with Gasteiger partial charge in [0.25, 0.3) is 5.69 Å². The lowest BCUT2D eigenvalue weighted by Gasteiger charge is -2.17. The predicted octanol–water partition coefficient (Wildman–Crippen LogP) is 4.03. The Hall–Kier alpha value is -3.77. The molecule has 0 unspecified atom stereocenters. The van der Waals surface area contributed by atoms with E-state index < -0.39 is 4.92 Å². The number of ether oxygens (including phenoxy) is 1. The van der Waals surface area contributed by atoms with E-state index in [1.165, 1.54) is 7.11 Å². The molecule has 4 aromatic rings. The largest absolute Gasteiger partial charge is 0.494 e. The van der Waals surface area contributed by atoms with Crippen molar-refractivity contribution >= 4 is 44.6 Å². The van der Waals surface area contributed by atoms with Crippen molar-refractivity contribution in [1.82, 2.24) is 24.6 Å². The van der Waals surface area contributed by atoms with Gasteiger partial charge in [-0.1, -0.05) is 0 Å². The van der Waals surface area contributed by atoms with Crippen molar-refractivity contribution in [1.29, 1.82) is 0 Å². The van der Waals surface area contributed by atoms with Crippen LogP contribution < -0.4 is 15.4 Å². The highest BCUT2D eigenvalue weighted by Crippen LogP contribution is 2.42. The molecule has 0 spiro atoms. The van der Waals surface area contributed by atoms with Crippen LogP contribution in [-0.2, 0) is 7.05 Å². The van der Waals surface area contributed by atoms with E-state index in [1.807, 2.05) is 42.2 Å². The van der Waals surface area contributed by atoms with E-state index in [9.17, 15) is 10.1 Å². The molecule has 0 aliphatic carbocycles. The second kappa shape index (κ2) is 9.61. The summed E-state index contributed by atoms with van der Waals surface area (Å²) in [5.41, 5.74) is 3.67. The van der Waals surface area contributed by atoms with Crippen LogP contribution in [0.25, 0.3) is 21.6 Å². The second-order valence-corrected chi connectivity index (χ2v) is 8.88. The van der Waals surface area contributed by atoms with Crippen LogP contribution in [0.15, 0.2) is 29.8 Å². The molecular formula is C22H26N8O3S. The first-order valence-corrected chi connectivity index (χ1v) is 11.4. The maximum absolute atomic E-state index is 11.9. The fraction of sp³-hybridized carbons (Fsp3) is 0.318. The van der Waals surface area contributed by atoms with Crippen LogP contribution in [0.3, 0.4) is 0 Å². The summed E-state index contributed by atoms with van der Waals surface area (Å²) in [4.78, 5) is 22.5. The van der Waals surface area contributed by atoms with E-state index in [-0.39, 0.29) is 11.6 Å². The fourth-order valence-corrected chi connectivity index (χ4v) is 4.60. The van der Waals surface area contributed by atoms with Gasteiger partial charge in [0.05, 0.1) is 39.2 Å². The highest BCUT2D eigenvalue weighted by molar-refractivity contribution is 7.17. The van der Waals surface area contributed by atoms with Gasteiger partial charge in [0.15, 0.2) is 0 Å². The zero-order chi connectivity index (χ0) is 24.4. The number of nitrogens with one attached hydrogen (secondary N) is 2. The molecule has 0 aliphatic heterocycles. The van der Waals surface area contributed by atoms with E-state index in [0.717, 1.165) is 22.5 Å². The SMILES string of the molecule is COc1cc(NCCN(C)C)c([N+](=O)[O-])c(C)c1Nc1nccc(-c2nn(C)c3ccsc23)n1. The number of benzene rings is 1. The van der Waals surface area contributed by atoms with Gasteiger partial charge in [-0.05, 0) is 38.5 Å². The Morgan fingerprint density at radius 2 is 2.12 bits per heavy atom. The molecule has 12 heteroatoms. The molecule has 0 aliphatic rings. The minimum absolute atomic E-state index is 0.0248. The maximum Gasteiger partial charge on any atom is 0.297 e. The van der Waals surface area contributed by atoms with Gasteiger partial charge in [-0.15, -0.1) is 11.3 Å². The van der Waals surface area contributed by atoms with Crippen molar-refractivity contribution in [2.75, 3.05) is 44.9 Å². The summed E-state index contributed by atoms with van der Waals surface area (Å²) < 4.78 is 8.41. The number of nitro benzene ring substituents is 1. The lowest BCUT2D eigenvalue weighted by molar-refractivity contribution is -0.384. The summed E-state index contributed by atoms with van der Waals surface area (Å²) in [5.74, 6) is 0.736. The smallest absolute Gasteiger partial charge is 0.297 e. The summed E-state index contributed by atoms with van der Waals surface area (Å²) in [7, 11) is 7.30. The molecule has 0 saturated carbocycles. The number of aryl methyl sites for hydroxylation is 1. The number of anilines is 3. The van der Waals surface area contributed by atoms with Crippen LogP contribution in [0, 0.1) is 17.0 Å². The Balaban J connectivity index is 1.71. The van der Waals surface area contributed by atoms with Crippen LogP contribution in [0.2, 0.25) is 0 Å². The van der Waals surface area contributed by atoms with Crippen LogP contribution >= 0.6 is 11.3 Å². The number of nitro groups is 1. The number of nitrogens with zero attached hydrogens (tertiary/aromatic N) is 6. The Morgan fingerprint density at radius 1 is 1.32 bits per heavy atom. The minimum atomic E-state index is -0.392. The van der Waals surface area contributed by atoms with E-state index >= 15 is 0 Å². The third-order valence-corrected chi connectivity index (χ3v) is 6.29. The summed E-state index contributed by atoms with van der Waals surface area (Å²) in [6.07, 6.45) is 1.63. The lowest BCUT2D eigenvalue weighted by atomic mass is 10.1. The molecule has 0 fully saturated rings. The van der Waals surface area contributed by atoms with E-state index in [2.05, 4.69) is 25.7 Å². The van der Waals surface area contributed by atoms with Crippen molar-refractivity contribution < 1.29 is 9.66 Å². The number of thiophene rings is 1. The molecule has 4 rings (SSSR count). The topological polar surface area (TPSA) is 123 Å². The molecule has 0 saturated heterocycles. The average molecular weight is 483 g/mol. The molecule has 3 heterocycles. The van der Waals surface area contributed by atoms with Gasteiger partial charge in [-0.3, -0.25) is 14.8 Å². The molecule has 178 valence electrons. The van der Waals surface area contributed by atoms with Crippen LogP contribution in [0.4, 0.5) is 23.0 Å². The number of fused-ring (bicyclic) bond motifs is 1. The number of hydrogen-bond acceptors (Lipinski definition) is 10. The Kier molecular flexibility index (Phi) is 6.61. The molecule has 0 atom stereocenters. The van der Waals surface area contributed by atoms with Crippen molar-refractivity contribution in [2.24, 2.45) is 7.05 Å². The summed E-state index contributed by atoms with van der Waals surface area (Å²) >= 11 is 1.59. The van der Waals surface area contributed by atoms with E-state index in [4.69, 9.17) is 4.74 Å². The van der Waals surface area contributed by atoms with Gasteiger partial charge in [0, 0.05) is 32.4 Å². The highest BCUT2D eigenvalue weighted by Gasteiger charge is 2.25. The van der Waals surface area contributed by atoms with Gasteiger partial charge < -0.3 is 20.3 Å². The lowest BCUT2D eigenvalue weighted by Crippen LogP contribution is -2.21. The second-order valence-electron chi connectivity index (χ2n) is 7.96. The Morgan fingerprint density at radius 3 is 2.82 bits per heavy atom. The van der Waals surface area contributed by atoms with Crippen molar-refractivity contribution in [3.63, 3.8) is 0 Å². The van der Waals surface area contributed by atoms with Crippen molar-refractivity contribution in [3.8, 4) is 17.1 Å². The number of methoxy groups -OCH3 is 1. The summed E-state index contributed by atoms with van der Waals surface area (Å²) in [6.45, 7) is 2.96. The quantitative estimate of drug-likeness (QED) is 0.269. The molecule has 2 N–H and O–H groups in total. The maximum atomic E-state index is 11.9. The van der Waals surface area contributed by atoms with E-state index in [0.29, 0.717) is 34.9 Å². The molecule has 0 amide bonds. The van der Waals surface area contributed by atoms with Gasteiger partial charge in [0.1, 0.15) is 17.1 Å². The van der Waals surface area contributed by atoms with Crippen LogP contribution in [0.5, 0.6) is 5.75 Å². The fourth-order valence-electron chi connectivity index (χ4n) is 3.69. The first-order chi connectivity index (χ1) is 16.3. The predicted molar refractivity (Wildman–Crippen MR) is 134 cm³/mol. The molecule has 0 bridgehead atoms. The first-order valence-electron chi connectivity index (χ1n) is 10.5. The summed E-state index contributed by atoms with van der Waals surface area (Å²) in [5, 5.41) is 24.8. The molecular weight excluding hydrogens is 456 g/mol. The van der Waals surface area contributed by atoms with Crippen LogP contribution in [-0.4, -0.2) is 63.9 Å². The highest BCUT2D eigenvalue weighted by atomic mass is 32.1. The van der Waals surface area contributed by atoms with Crippen molar-refractivity contribution in [2.45, 2.75) is 6.92 Å². The molecule has 0 radical (unpaired) electrons. The minimum Gasteiger partial charge on any atom is -0.494 e. The van der Waals surface area contributed by atoms with Gasteiger partial charge in [-0.2, -0.15) is 5.10 Å². The summed E-state index contributed by atoms with van der Waals surface area (Å²) in [6, 6.07) is 5.43. The third kappa shape index (κ3) is 4.50. The third-order valence-electron chi connectivity index (χ3n) is 5.38. The standard InChI is InChI=1S/C22H26N8O3S/c1-13-18(17(33-5)12-15(20(13)30(31)32)23-9-10-28(2)3)26-22-24-8-6-14(25-22)19-21-16(7-11-34-21)29(4)27-19/h6-8,11-12,23H,9-10H2,1-5H3,(H,24,25,26). The van der Waals surface area contributed by atoms with Crippen molar-refractivity contribution in [3.05, 3.63) is 45.5 Å². The zero-order valence-electron chi connectivity index (χ0n) is 19.6. The molecule has 34 heavy (non-hydrogen) atoms. The Bertz CT molecular complexity index is 1350. The van der Waals surface area contributed by atoms with Gasteiger partial charge in [-0.25, -0.2) is 9.97 Å². The average Bonchev–Trinajstić information content (AvgIpc) is 3.39.